The van der Waals surface area contributed by atoms with Crippen molar-refractivity contribution in [2.45, 2.75) is 6.42 Å². The number of hydrogen-bond acceptors (Lipinski definition) is 3. The van der Waals surface area contributed by atoms with Gasteiger partial charge in [-0.05, 0) is 12.1 Å². The Hall–Kier alpha value is -2.50. The molecule has 0 atom stereocenters. The number of nitrogens with zero attached hydrogens (tertiary/aromatic N) is 1. The van der Waals surface area contributed by atoms with Crippen LogP contribution >= 0.6 is 0 Å². The molecule has 0 unspecified atom stereocenters. The van der Waals surface area contributed by atoms with E-state index < -0.39 is 24.0 Å². The van der Waals surface area contributed by atoms with Crippen LogP contribution in [0.2, 0.25) is 0 Å². The number of hydrogen-bond donors (Lipinski definition) is 2. The zero-order chi connectivity index (χ0) is 14.0. The van der Waals surface area contributed by atoms with Gasteiger partial charge in [-0.15, -0.1) is 0 Å². The SMILES string of the molecule is O=C(O)Cc1ncc(-c2cccc(F)c2F)cc1O. The maximum atomic E-state index is 13.6. The second-order valence-corrected chi connectivity index (χ2v) is 3.86. The molecule has 98 valence electrons. The van der Waals surface area contributed by atoms with Crippen LogP contribution < -0.4 is 0 Å². The summed E-state index contributed by atoms with van der Waals surface area (Å²) < 4.78 is 26.6. The van der Waals surface area contributed by atoms with Gasteiger partial charge in [-0.1, -0.05) is 12.1 Å². The number of pyridine rings is 1. The maximum absolute atomic E-state index is 13.6. The van der Waals surface area contributed by atoms with E-state index in [9.17, 15) is 18.7 Å². The smallest absolute Gasteiger partial charge is 0.309 e. The summed E-state index contributed by atoms with van der Waals surface area (Å²) in [6.07, 6.45) is 0.744. The van der Waals surface area contributed by atoms with Crippen molar-refractivity contribution in [1.82, 2.24) is 4.98 Å². The van der Waals surface area contributed by atoms with E-state index in [0.29, 0.717) is 0 Å². The standard InChI is InChI=1S/C13H9F2NO3/c14-9-3-1-2-8(13(9)15)7-4-11(17)10(16-6-7)5-12(18)19/h1-4,6,17H,5H2,(H,18,19). The third kappa shape index (κ3) is 2.67. The summed E-state index contributed by atoms with van der Waals surface area (Å²) in [5.41, 5.74) is 0.0846. The summed E-state index contributed by atoms with van der Waals surface area (Å²) >= 11 is 0. The van der Waals surface area contributed by atoms with E-state index in [-0.39, 0.29) is 22.6 Å². The van der Waals surface area contributed by atoms with Crippen molar-refractivity contribution in [1.29, 1.82) is 0 Å². The molecule has 0 radical (unpaired) electrons. The number of halogens is 2. The molecule has 0 amide bonds. The number of rotatable bonds is 3. The molecule has 1 aromatic carbocycles. The van der Waals surface area contributed by atoms with E-state index in [0.717, 1.165) is 12.1 Å². The van der Waals surface area contributed by atoms with Crippen molar-refractivity contribution < 1.29 is 23.8 Å². The Labute approximate surface area is 107 Å². The Morgan fingerprint density at radius 3 is 2.68 bits per heavy atom. The van der Waals surface area contributed by atoms with Crippen molar-refractivity contribution in [2.75, 3.05) is 0 Å². The van der Waals surface area contributed by atoms with Crippen molar-refractivity contribution in [3.8, 4) is 16.9 Å². The molecule has 2 aromatic rings. The number of benzene rings is 1. The molecule has 0 saturated heterocycles. The second kappa shape index (κ2) is 5.01. The third-order valence-electron chi connectivity index (χ3n) is 2.53. The molecule has 0 bridgehead atoms. The Morgan fingerprint density at radius 2 is 2.05 bits per heavy atom. The highest BCUT2D eigenvalue weighted by Crippen LogP contribution is 2.28. The fourth-order valence-corrected chi connectivity index (χ4v) is 1.63. The Morgan fingerprint density at radius 1 is 1.32 bits per heavy atom. The lowest BCUT2D eigenvalue weighted by molar-refractivity contribution is -0.136. The van der Waals surface area contributed by atoms with E-state index in [4.69, 9.17) is 5.11 Å². The van der Waals surface area contributed by atoms with Crippen LogP contribution in [0.5, 0.6) is 5.75 Å². The van der Waals surface area contributed by atoms with Crippen molar-refractivity contribution >= 4 is 5.97 Å². The van der Waals surface area contributed by atoms with Gasteiger partial charge in [0.15, 0.2) is 11.6 Å². The lowest BCUT2D eigenvalue weighted by Crippen LogP contribution is -2.02. The number of aromatic hydroxyl groups is 1. The third-order valence-corrected chi connectivity index (χ3v) is 2.53. The fourth-order valence-electron chi connectivity index (χ4n) is 1.63. The fraction of sp³-hybridized carbons (Fsp3) is 0.0769. The number of carbonyl (C=O) groups is 1. The lowest BCUT2D eigenvalue weighted by Gasteiger charge is -2.06. The Balaban J connectivity index is 2.44. The van der Waals surface area contributed by atoms with Crippen LogP contribution in [0.3, 0.4) is 0 Å². The van der Waals surface area contributed by atoms with E-state index in [2.05, 4.69) is 4.98 Å². The summed E-state index contributed by atoms with van der Waals surface area (Å²) in [6, 6.07) is 4.80. The van der Waals surface area contributed by atoms with Crippen LogP contribution in [0.1, 0.15) is 5.69 Å². The highest BCUT2D eigenvalue weighted by Gasteiger charge is 2.13. The van der Waals surface area contributed by atoms with E-state index in [1.54, 1.807) is 0 Å². The average Bonchev–Trinajstić information content (AvgIpc) is 2.35. The summed E-state index contributed by atoms with van der Waals surface area (Å²) in [7, 11) is 0. The number of carboxylic acid groups (broad SMARTS) is 1. The van der Waals surface area contributed by atoms with Crippen LogP contribution in [-0.2, 0) is 11.2 Å². The molecule has 6 heteroatoms. The topological polar surface area (TPSA) is 70.4 Å². The lowest BCUT2D eigenvalue weighted by atomic mass is 10.1. The predicted octanol–water partition coefficient (Wildman–Crippen LogP) is 2.36. The first-order chi connectivity index (χ1) is 8.99. The molecule has 0 saturated carbocycles. The molecular weight excluding hydrogens is 256 g/mol. The van der Waals surface area contributed by atoms with Crippen LogP contribution in [0, 0.1) is 11.6 Å². The normalized spacial score (nSPS) is 10.4. The molecule has 0 aliphatic rings. The van der Waals surface area contributed by atoms with Crippen LogP contribution in [-0.4, -0.2) is 21.2 Å². The monoisotopic (exact) mass is 265 g/mol. The van der Waals surface area contributed by atoms with Crippen molar-refractivity contribution in [2.24, 2.45) is 0 Å². The van der Waals surface area contributed by atoms with Gasteiger partial charge in [0.1, 0.15) is 5.75 Å². The van der Waals surface area contributed by atoms with Gasteiger partial charge in [-0.25, -0.2) is 8.78 Å². The maximum Gasteiger partial charge on any atom is 0.309 e. The minimum atomic E-state index is -1.15. The molecule has 4 nitrogen and oxygen atoms in total. The summed E-state index contributed by atoms with van der Waals surface area (Å²) in [4.78, 5) is 14.3. The van der Waals surface area contributed by atoms with Gasteiger partial charge < -0.3 is 10.2 Å². The van der Waals surface area contributed by atoms with Crippen molar-refractivity contribution in [3.63, 3.8) is 0 Å². The van der Waals surface area contributed by atoms with Crippen molar-refractivity contribution in [3.05, 3.63) is 47.8 Å². The zero-order valence-corrected chi connectivity index (χ0v) is 9.60. The number of carboxylic acids is 1. The summed E-state index contributed by atoms with van der Waals surface area (Å²) in [6.45, 7) is 0. The van der Waals surface area contributed by atoms with Gasteiger partial charge in [-0.2, -0.15) is 0 Å². The molecule has 19 heavy (non-hydrogen) atoms. The first kappa shape index (κ1) is 12.9. The summed E-state index contributed by atoms with van der Waals surface area (Å²) in [5.74, 6) is -3.57. The highest BCUT2D eigenvalue weighted by atomic mass is 19.2. The van der Waals surface area contributed by atoms with Gasteiger partial charge in [0.25, 0.3) is 0 Å². The predicted molar refractivity (Wildman–Crippen MR) is 62.6 cm³/mol. The van der Waals surface area contributed by atoms with Gasteiger partial charge in [0.2, 0.25) is 0 Å². The molecule has 1 aromatic heterocycles. The molecule has 2 N–H and O–H groups in total. The quantitative estimate of drug-likeness (QED) is 0.893. The summed E-state index contributed by atoms with van der Waals surface area (Å²) in [5, 5.41) is 18.2. The first-order valence-corrected chi connectivity index (χ1v) is 5.33. The molecule has 0 fully saturated rings. The molecule has 1 heterocycles. The van der Waals surface area contributed by atoms with E-state index in [1.807, 2.05) is 0 Å². The second-order valence-electron chi connectivity index (χ2n) is 3.86. The zero-order valence-electron chi connectivity index (χ0n) is 9.60. The molecular formula is C13H9F2NO3. The number of aliphatic carboxylic acids is 1. The van der Waals surface area contributed by atoms with E-state index >= 15 is 0 Å². The van der Waals surface area contributed by atoms with Crippen LogP contribution in [0.15, 0.2) is 30.5 Å². The van der Waals surface area contributed by atoms with Gasteiger partial charge in [0, 0.05) is 17.3 Å². The van der Waals surface area contributed by atoms with Crippen LogP contribution in [0.25, 0.3) is 11.1 Å². The minimum absolute atomic E-state index is 0.0342. The molecule has 0 spiro atoms. The highest BCUT2D eigenvalue weighted by molar-refractivity contribution is 5.72. The van der Waals surface area contributed by atoms with Gasteiger partial charge in [-0.3, -0.25) is 9.78 Å². The Kier molecular flexibility index (Phi) is 3.41. The molecule has 2 rings (SSSR count). The molecule has 0 aliphatic carbocycles. The largest absolute Gasteiger partial charge is 0.506 e. The minimum Gasteiger partial charge on any atom is -0.506 e. The first-order valence-electron chi connectivity index (χ1n) is 5.33. The van der Waals surface area contributed by atoms with E-state index in [1.165, 1.54) is 18.3 Å². The average molecular weight is 265 g/mol. The number of aromatic nitrogens is 1. The van der Waals surface area contributed by atoms with Gasteiger partial charge >= 0.3 is 5.97 Å². The van der Waals surface area contributed by atoms with Gasteiger partial charge in [0.05, 0.1) is 12.1 Å². The molecule has 0 aliphatic heterocycles. The Bertz CT molecular complexity index is 644. The van der Waals surface area contributed by atoms with Crippen LogP contribution in [0.4, 0.5) is 8.78 Å².